The monoisotopic (exact) mass is 329 g/mol. The second kappa shape index (κ2) is 5.08. The number of carbonyl (C=O) groups excluding carboxylic acids is 1. The maximum absolute atomic E-state index is 12.9. The first kappa shape index (κ1) is 13.7. The molecule has 2 rings (SSSR count). The van der Waals surface area contributed by atoms with Crippen LogP contribution in [0.25, 0.3) is 11.3 Å². The lowest BCUT2D eigenvalue weighted by Crippen LogP contribution is -2.14. The normalized spacial score (nSPS) is 11.0. The van der Waals surface area contributed by atoms with E-state index in [9.17, 15) is 13.6 Å². The van der Waals surface area contributed by atoms with Crippen molar-refractivity contribution >= 4 is 21.8 Å². The first-order chi connectivity index (χ1) is 8.93. The van der Waals surface area contributed by atoms with Crippen molar-refractivity contribution in [1.82, 2.24) is 9.78 Å². The summed E-state index contributed by atoms with van der Waals surface area (Å²) >= 11 is 3.32. The minimum Gasteiger partial charge on any atom is -0.365 e. The fourth-order valence-electron chi connectivity index (χ4n) is 1.90. The van der Waals surface area contributed by atoms with Gasteiger partial charge in [0.05, 0.1) is 11.3 Å². The fraction of sp³-hybridized carbons (Fsp3) is 0.167. The Balaban J connectivity index is 2.77. The van der Waals surface area contributed by atoms with E-state index in [4.69, 9.17) is 5.73 Å². The number of hydrogen-bond acceptors (Lipinski definition) is 2. The van der Waals surface area contributed by atoms with Gasteiger partial charge in [0.1, 0.15) is 5.69 Å². The molecule has 4 nitrogen and oxygen atoms in total. The summed E-state index contributed by atoms with van der Waals surface area (Å²) in [5.74, 6) is -0.922. The van der Waals surface area contributed by atoms with E-state index in [1.165, 1.54) is 11.7 Å². The van der Waals surface area contributed by atoms with Gasteiger partial charge >= 0.3 is 0 Å². The van der Waals surface area contributed by atoms with Crippen molar-refractivity contribution in [3.05, 3.63) is 40.0 Å². The first-order valence-corrected chi connectivity index (χ1v) is 6.12. The number of aromatic nitrogens is 2. The van der Waals surface area contributed by atoms with Crippen molar-refractivity contribution in [2.24, 2.45) is 12.8 Å². The van der Waals surface area contributed by atoms with Crippen molar-refractivity contribution in [2.45, 2.75) is 6.43 Å². The van der Waals surface area contributed by atoms with Gasteiger partial charge in [-0.05, 0) is 6.07 Å². The molecule has 0 unspecified atom stereocenters. The van der Waals surface area contributed by atoms with Crippen molar-refractivity contribution in [1.29, 1.82) is 0 Å². The summed E-state index contributed by atoms with van der Waals surface area (Å²) in [6.07, 6.45) is -2.86. The highest BCUT2D eigenvalue weighted by Crippen LogP contribution is 2.34. The van der Waals surface area contributed by atoms with E-state index in [1.807, 2.05) is 0 Å². The third-order valence-electron chi connectivity index (χ3n) is 2.66. The summed E-state index contributed by atoms with van der Waals surface area (Å²) in [6.45, 7) is 0. The zero-order chi connectivity index (χ0) is 14.2. The number of benzene rings is 1. The lowest BCUT2D eigenvalue weighted by molar-refractivity contribution is 0.0985. The Labute approximate surface area is 116 Å². The Morgan fingerprint density at radius 1 is 1.42 bits per heavy atom. The molecular formula is C12H10BrF2N3O. The number of carbonyl (C=O) groups is 1. The predicted molar refractivity (Wildman–Crippen MR) is 69.8 cm³/mol. The minimum atomic E-state index is -2.86. The molecule has 0 aliphatic rings. The van der Waals surface area contributed by atoms with Crippen LogP contribution in [0.3, 0.4) is 0 Å². The summed E-state index contributed by atoms with van der Waals surface area (Å²) in [5.41, 5.74) is 5.23. The van der Waals surface area contributed by atoms with Crippen LogP contribution in [0.5, 0.6) is 0 Å². The van der Waals surface area contributed by atoms with Crippen LogP contribution < -0.4 is 5.73 Å². The van der Waals surface area contributed by atoms with Crippen molar-refractivity contribution < 1.29 is 13.6 Å². The van der Waals surface area contributed by atoms with Gasteiger partial charge < -0.3 is 5.73 Å². The van der Waals surface area contributed by atoms with E-state index >= 15 is 0 Å². The van der Waals surface area contributed by atoms with Crippen molar-refractivity contribution in [2.75, 3.05) is 0 Å². The molecule has 0 fully saturated rings. The van der Waals surface area contributed by atoms with Gasteiger partial charge in [-0.3, -0.25) is 9.48 Å². The van der Waals surface area contributed by atoms with Crippen LogP contribution in [-0.2, 0) is 7.05 Å². The zero-order valence-electron chi connectivity index (χ0n) is 9.90. The summed E-state index contributed by atoms with van der Waals surface area (Å²) in [4.78, 5) is 11.5. The molecule has 0 aliphatic heterocycles. The first-order valence-electron chi connectivity index (χ1n) is 5.33. The van der Waals surface area contributed by atoms with E-state index in [2.05, 4.69) is 21.0 Å². The Morgan fingerprint density at radius 2 is 2.05 bits per heavy atom. The Morgan fingerprint density at radius 3 is 2.58 bits per heavy atom. The lowest BCUT2D eigenvalue weighted by Gasteiger charge is -2.07. The van der Waals surface area contributed by atoms with Gasteiger partial charge in [0.2, 0.25) is 0 Å². The molecule has 0 radical (unpaired) electrons. The van der Waals surface area contributed by atoms with Gasteiger partial charge in [0, 0.05) is 17.1 Å². The maximum Gasteiger partial charge on any atom is 0.282 e. The average molecular weight is 330 g/mol. The average Bonchev–Trinajstić information content (AvgIpc) is 2.68. The zero-order valence-corrected chi connectivity index (χ0v) is 11.5. The number of nitrogens with two attached hydrogens (primary N) is 1. The van der Waals surface area contributed by atoms with E-state index in [-0.39, 0.29) is 11.3 Å². The molecule has 100 valence electrons. The van der Waals surface area contributed by atoms with Crippen molar-refractivity contribution in [3.63, 3.8) is 0 Å². The molecule has 0 saturated carbocycles. The van der Waals surface area contributed by atoms with Crippen LogP contribution >= 0.6 is 15.9 Å². The maximum atomic E-state index is 12.9. The van der Waals surface area contributed by atoms with Crippen LogP contribution in [0.1, 0.15) is 22.5 Å². The number of amides is 1. The molecule has 0 atom stereocenters. The standard InChI is InChI=1S/C12H10BrF2N3O/c1-18-10(6-4-2-3-5-7(6)13)8(12(16)19)9(17-18)11(14)15/h2-5,11H,1H3,(H2,16,19). The number of nitrogens with zero attached hydrogens (tertiary/aromatic N) is 2. The molecule has 7 heteroatoms. The highest BCUT2D eigenvalue weighted by atomic mass is 79.9. The molecule has 1 heterocycles. The lowest BCUT2D eigenvalue weighted by atomic mass is 10.1. The molecule has 2 N–H and O–H groups in total. The number of alkyl halides is 2. The van der Waals surface area contributed by atoms with Gasteiger partial charge in [0.15, 0.2) is 0 Å². The van der Waals surface area contributed by atoms with Gasteiger partial charge in [-0.2, -0.15) is 5.10 Å². The quantitative estimate of drug-likeness (QED) is 0.941. The third-order valence-corrected chi connectivity index (χ3v) is 3.35. The number of rotatable bonds is 3. The molecule has 0 spiro atoms. The van der Waals surface area contributed by atoms with Gasteiger partial charge in [0.25, 0.3) is 12.3 Å². The van der Waals surface area contributed by atoms with E-state index in [0.717, 1.165) is 0 Å². The number of halogens is 3. The van der Waals surface area contributed by atoms with Crippen LogP contribution in [0.2, 0.25) is 0 Å². The SMILES string of the molecule is Cn1nc(C(F)F)c(C(N)=O)c1-c1ccccc1Br. The Kier molecular flexibility index (Phi) is 3.66. The van der Waals surface area contributed by atoms with Crippen LogP contribution in [0.15, 0.2) is 28.7 Å². The largest absolute Gasteiger partial charge is 0.365 e. The molecule has 19 heavy (non-hydrogen) atoms. The highest BCUT2D eigenvalue weighted by molar-refractivity contribution is 9.10. The topological polar surface area (TPSA) is 60.9 Å². The van der Waals surface area contributed by atoms with E-state index in [0.29, 0.717) is 10.0 Å². The van der Waals surface area contributed by atoms with E-state index < -0.39 is 18.0 Å². The van der Waals surface area contributed by atoms with Crippen LogP contribution in [0.4, 0.5) is 8.78 Å². The number of aryl methyl sites for hydroxylation is 1. The van der Waals surface area contributed by atoms with Crippen LogP contribution in [0, 0.1) is 0 Å². The Bertz CT molecular complexity index is 640. The molecule has 0 bridgehead atoms. The van der Waals surface area contributed by atoms with Gasteiger partial charge in [-0.15, -0.1) is 0 Å². The minimum absolute atomic E-state index is 0.246. The van der Waals surface area contributed by atoms with Crippen molar-refractivity contribution in [3.8, 4) is 11.3 Å². The third kappa shape index (κ3) is 2.37. The van der Waals surface area contributed by atoms with Crippen LogP contribution in [-0.4, -0.2) is 15.7 Å². The molecule has 1 amide bonds. The summed E-state index contributed by atoms with van der Waals surface area (Å²) in [6, 6.07) is 6.96. The smallest absolute Gasteiger partial charge is 0.282 e. The second-order valence-corrected chi connectivity index (χ2v) is 4.73. The number of primary amides is 1. The Hall–Kier alpha value is -1.76. The molecule has 0 aliphatic carbocycles. The van der Waals surface area contributed by atoms with Gasteiger partial charge in [-0.1, -0.05) is 34.1 Å². The second-order valence-electron chi connectivity index (χ2n) is 3.88. The molecule has 0 saturated heterocycles. The molecule has 1 aromatic carbocycles. The molecule has 1 aromatic heterocycles. The number of hydrogen-bond donors (Lipinski definition) is 1. The summed E-state index contributed by atoms with van der Waals surface area (Å²) in [7, 11) is 1.49. The highest BCUT2D eigenvalue weighted by Gasteiger charge is 2.27. The molecule has 2 aromatic rings. The molecular weight excluding hydrogens is 320 g/mol. The summed E-state index contributed by atoms with van der Waals surface area (Å²) < 4.78 is 27.7. The fourth-order valence-corrected chi connectivity index (χ4v) is 2.38. The predicted octanol–water partition coefficient (Wildman–Crippen LogP) is 2.89. The van der Waals surface area contributed by atoms with Gasteiger partial charge in [-0.25, -0.2) is 8.78 Å². The summed E-state index contributed by atoms with van der Waals surface area (Å²) in [5, 5.41) is 3.69. The van der Waals surface area contributed by atoms with E-state index in [1.54, 1.807) is 24.3 Å².